The molecule has 0 aromatic heterocycles. The molecule has 1 atom stereocenters. The largest absolute Gasteiger partial charge is 0.382 e. The van der Waals surface area contributed by atoms with E-state index in [0.717, 1.165) is 31.7 Å². The van der Waals surface area contributed by atoms with E-state index in [1.807, 2.05) is 38.1 Å². The molecule has 1 unspecified atom stereocenters. The van der Waals surface area contributed by atoms with Crippen molar-refractivity contribution in [1.29, 1.82) is 5.26 Å². The fraction of sp³-hybridized carbons (Fsp3) is 0.500. The van der Waals surface area contributed by atoms with Gasteiger partial charge in [-0.2, -0.15) is 5.26 Å². The Kier molecular flexibility index (Phi) is 6.31. The standard InChI is InChI=1S/C14H20N2O/c1-3-17-10-4-9-16-14(11-15)13-7-5-12(2)6-8-13/h5-8,14,16H,3-4,9-10H2,1-2H3. The first-order valence-electron chi connectivity index (χ1n) is 6.05. The minimum Gasteiger partial charge on any atom is -0.382 e. The summed E-state index contributed by atoms with van der Waals surface area (Å²) in [6, 6.07) is 10.1. The van der Waals surface area contributed by atoms with Gasteiger partial charge in [0.15, 0.2) is 0 Å². The molecule has 0 radical (unpaired) electrons. The van der Waals surface area contributed by atoms with Crippen molar-refractivity contribution >= 4 is 0 Å². The Morgan fingerprint density at radius 2 is 2.06 bits per heavy atom. The fourth-order valence-corrected chi connectivity index (χ4v) is 1.56. The van der Waals surface area contributed by atoms with Crippen LogP contribution in [0.25, 0.3) is 0 Å². The summed E-state index contributed by atoms with van der Waals surface area (Å²) in [5.74, 6) is 0. The third kappa shape index (κ3) is 4.99. The predicted octanol–water partition coefficient (Wildman–Crippen LogP) is 2.58. The lowest BCUT2D eigenvalue weighted by atomic mass is 10.1. The minimum atomic E-state index is -0.225. The van der Waals surface area contributed by atoms with E-state index in [0.29, 0.717) is 0 Å². The molecule has 0 saturated heterocycles. The summed E-state index contributed by atoms with van der Waals surface area (Å²) >= 11 is 0. The number of nitrogens with zero attached hydrogens (tertiary/aromatic N) is 1. The van der Waals surface area contributed by atoms with E-state index in [2.05, 4.69) is 11.4 Å². The average molecular weight is 232 g/mol. The van der Waals surface area contributed by atoms with Gasteiger partial charge in [0.25, 0.3) is 0 Å². The van der Waals surface area contributed by atoms with Crippen LogP contribution in [0, 0.1) is 18.3 Å². The lowest BCUT2D eigenvalue weighted by Crippen LogP contribution is -2.22. The zero-order valence-electron chi connectivity index (χ0n) is 10.6. The molecule has 3 nitrogen and oxygen atoms in total. The van der Waals surface area contributed by atoms with Crippen molar-refractivity contribution in [2.75, 3.05) is 19.8 Å². The second-order valence-electron chi connectivity index (χ2n) is 3.98. The molecule has 0 aliphatic rings. The van der Waals surface area contributed by atoms with Gasteiger partial charge in [-0.1, -0.05) is 29.8 Å². The molecule has 0 fully saturated rings. The number of nitrogens with one attached hydrogen (secondary N) is 1. The highest BCUT2D eigenvalue weighted by atomic mass is 16.5. The van der Waals surface area contributed by atoms with Crippen molar-refractivity contribution in [2.24, 2.45) is 0 Å². The molecule has 0 bridgehead atoms. The van der Waals surface area contributed by atoms with Crippen LogP contribution in [0.4, 0.5) is 0 Å². The van der Waals surface area contributed by atoms with E-state index in [4.69, 9.17) is 10.00 Å². The molecular formula is C14H20N2O. The van der Waals surface area contributed by atoms with Crippen molar-refractivity contribution in [1.82, 2.24) is 5.32 Å². The number of hydrogen-bond acceptors (Lipinski definition) is 3. The molecule has 1 aromatic rings. The van der Waals surface area contributed by atoms with Crippen molar-refractivity contribution in [3.63, 3.8) is 0 Å². The van der Waals surface area contributed by atoms with Crippen molar-refractivity contribution in [2.45, 2.75) is 26.3 Å². The van der Waals surface area contributed by atoms with Gasteiger partial charge >= 0.3 is 0 Å². The maximum absolute atomic E-state index is 9.11. The van der Waals surface area contributed by atoms with Gasteiger partial charge in [0, 0.05) is 13.2 Å². The summed E-state index contributed by atoms with van der Waals surface area (Å²) in [5, 5.41) is 12.3. The van der Waals surface area contributed by atoms with Gasteiger partial charge < -0.3 is 4.74 Å². The highest BCUT2D eigenvalue weighted by molar-refractivity contribution is 5.27. The van der Waals surface area contributed by atoms with Crippen LogP contribution in [-0.2, 0) is 4.74 Å². The molecule has 0 spiro atoms. The Hall–Kier alpha value is -1.37. The van der Waals surface area contributed by atoms with E-state index in [1.165, 1.54) is 5.56 Å². The summed E-state index contributed by atoms with van der Waals surface area (Å²) in [7, 11) is 0. The van der Waals surface area contributed by atoms with Crippen LogP contribution >= 0.6 is 0 Å². The molecule has 1 aromatic carbocycles. The lowest BCUT2D eigenvalue weighted by molar-refractivity contribution is 0.144. The number of ether oxygens (including phenoxy) is 1. The topological polar surface area (TPSA) is 45.0 Å². The predicted molar refractivity (Wildman–Crippen MR) is 68.6 cm³/mol. The van der Waals surface area contributed by atoms with E-state index >= 15 is 0 Å². The minimum absolute atomic E-state index is 0.225. The van der Waals surface area contributed by atoms with Gasteiger partial charge in [0.05, 0.1) is 6.07 Å². The maximum atomic E-state index is 9.11. The molecule has 92 valence electrons. The van der Waals surface area contributed by atoms with E-state index in [1.54, 1.807) is 0 Å². The Balaban J connectivity index is 2.39. The smallest absolute Gasteiger partial charge is 0.121 e. The van der Waals surface area contributed by atoms with Crippen LogP contribution < -0.4 is 5.32 Å². The van der Waals surface area contributed by atoms with Crippen molar-refractivity contribution in [3.8, 4) is 6.07 Å². The second kappa shape index (κ2) is 7.83. The first-order valence-corrected chi connectivity index (χ1v) is 6.05. The van der Waals surface area contributed by atoms with Gasteiger partial charge in [-0.3, -0.25) is 5.32 Å². The SMILES string of the molecule is CCOCCCNC(C#N)c1ccc(C)cc1. The summed E-state index contributed by atoms with van der Waals surface area (Å²) < 4.78 is 5.25. The Morgan fingerprint density at radius 1 is 1.35 bits per heavy atom. The molecule has 1 rings (SSSR count). The maximum Gasteiger partial charge on any atom is 0.121 e. The normalized spacial score (nSPS) is 12.1. The Bertz CT molecular complexity index is 353. The second-order valence-corrected chi connectivity index (χ2v) is 3.98. The third-order valence-electron chi connectivity index (χ3n) is 2.56. The van der Waals surface area contributed by atoms with Gasteiger partial charge in [-0.25, -0.2) is 0 Å². The first-order chi connectivity index (χ1) is 8.27. The molecular weight excluding hydrogens is 212 g/mol. The number of aryl methyl sites for hydroxylation is 1. The highest BCUT2D eigenvalue weighted by Crippen LogP contribution is 2.12. The fourth-order valence-electron chi connectivity index (χ4n) is 1.56. The van der Waals surface area contributed by atoms with Crippen LogP contribution in [0.15, 0.2) is 24.3 Å². The molecule has 3 heteroatoms. The van der Waals surface area contributed by atoms with Crippen LogP contribution in [0.1, 0.15) is 30.5 Å². The summed E-state index contributed by atoms with van der Waals surface area (Å²) in [6.45, 7) is 6.32. The van der Waals surface area contributed by atoms with Gasteiger partial charge in [-0.05, 0) is 32.4 Å². The molecule has 0 saturated carbocycles. The van der Waals surface area contributed by atoms with E-state index in [9.17, 15) is 0 Å². The Labute approximate surface area is 103 Å². The first kappa shape index (κ1) is 13.7. The van der Waals surface area contributed by atoms with E-state index in [-0.39, 0.29) is 6.04 Å². The molecule has 0 amide bonds. The number of hydrogen-bond donors (Lipinski definition) is 1. The van der Waals surface area contributed by atoms with Crippen LogP contribution in [0.5, 0.6) is 0 Å². The summed E-state index contributed by atoms with van der Waals surface area (Å²) in [4.78, 5) is 0. The van der Waals surface area contributed by atoms with Gasteiger partial charge in [-0.15, -0.1) is 0 Å². The highest BCUT2D eigenvalue weighted by Gasteiger charge is 2.08. The molecule has 0 aliphatic carbocycles. The van der Waals surface area contributed by atoms with Crippen LogP contribution in [0.2, 0.25) is 0 Å². The molecule has 17 heavy (non-hydrogen) atoms. The van der Waals surface area contributed by atoms with Crippen LogP contribution in [-0.4, -0.2) is 19.8 Å². The van der Waals surface area contributed by atoms with Crippen molar-refractivity contribution in [3.05, 3.63) is 35.4 Å². The molecule has 0 heterocycles. The van der Waals surface area contributed by atoms with E-state index < -0.39 is 0 Å². The van der Waals surface area contributed by atoms with Gasteiger partial charge in [0.2, 0.25) is 0 Å². The lowest BCUT2D eigenvalue weighted by Gasteiger charge is -2.12. The average Bonchev–Trinajstić information content (AvgIpc) is 2.35. The molecule has 0 aliphatic heterocycles. The Morgan fingerprint density at radius 3 is 2.65 bits per heavy atom. The summed E-state index contributed by atoms with van der Waals surface area (Å²) in [5.41, 5.74) is 2.23. The van der Waals surface area contributed by atoms with Gasteiger partial charge in [0.1, 0.15) is 6.04 Å². The molecule has 1 N–H and O–H groups in total. The van der Waals surface area contributed by atoms with Crippen LogP contribution in [0.3, 0.4) is 0 Å². The number of nitriles is 1. The summed E-state index contributed by atoms with van der Waals surface area (Å²) in [6.07, 6.45) is 0.928. The third-order valence-corrected chi connectivity index (χ3v) is 2.56. The number of benzene rings is 1. The van der Waals surface area contributed by atoms with Crippen molar-refractivity contribution < 1.29 is 4.74 Å². The zero-order chi connectivity index (χ0) is 12.5. The quantitative estimate of drug-likeness (QED) is 0.735. The monoisotopic (exact) mass is 232 g/mol. The number of rotatable bonds is 7. The zero-order valence-corrected chi connectivity index (χ0v) is 10.6.